The Morgan fingerprint density at radius 2 is 1.64 bits per heavy atom. The van der Waals surface area contributed by atoms with Crippen molar-refractivity contribution in [2.75, 3.05) is 0 Å². The van der Waals surface area contributed by atoms with Crippen LogP contribution in [0.3, 0.4) is 0 Å². The lowest BCUT2D eigenvalue weighted by Crippen LogP contribution is -2.21. The standard InChI is InChI=1S/C24H21N3O/c1-24(2,21-11-3-4-12-25-21)20-10-6-8-18(16-20)22(28)17-7-5-9-19(15-17)23-26-13-14-27-23/h3-16H,1-2H3,(H,26,27). The van der Waals surface area contributed by atoms with E-state index >= 15 is 0 Å². The van der Waals surface area contributed by atoms with Crippen LogP contribution in [0.4, 0.5) is 0 Å². The Bertz CT molecular complexity index is 1100. The van der Waals surface area contributed by atoms with Crippen molar-refractivity contribution in [2.24, 2.45) is 0 Å². The monoisotopic (exact) mass is 367 g/mol. The Kier molecular flexibility index (Phi) is 4.62. The summed E-state index contributed by atoms with van der Waals surface area (Å²) >= 11 is 0. The van der Waals surface area contributed by atoms with Crippen molar-refractivity contribution in [3.05, 3.63) is 108 Å². The molecule has 0 atom stereocenters. The highest BCUT2D eigenvalue weighted by Crippen LogP contribution is 2.31. The van der Waals surface area contributed by atoms with Gasteiger partial charge in [0.15, 0.2) is 5.78 Å². The zero-order valence-electron chi connectivity index (χ0n) is 15.9. The number of carbonyl (C=O) groups excluding carboxylic acids is 1. The Morgan fingerprint density at radius 3 is 2.36 bits per heavy atom. The number of aromatic nitrogens is 3. The molecule has 4 heteroatoms. The summed E-state index contributed by atoms with van der Waals surface area (Å²) in [7, 11) is 0. The van der Waals surface area contributed by atoms with Crippen molar-refractivity contribution in [2.45, 2.75) is 19.3 Å². The van der Waals surface area contributed by atoms with Crippen molar-refractivity contribution in [3.63, 3.8) is 0 Å². The molecule has 0 radical (unpaired) electrons. The second-order valence-corrected chi connectivity index (χ2v) is 7.27. The van der Waals surface area contributed by atoms with Gasteiger partial charge in [-0.15, -0.1) is 0 Å². The molecule has 1 N–H and O–H groups in total. The van der Waals surface area contributed by atoms with Gasteiger partial charge in [0.1, 0.15) is 5.82 Å². The number of imidazole rings is 1. The van der Waals surface area contributed by atoms with Gasteiger partial charge in [-0.3, -0.25) is 9.78 Å². The highest BCUT2D eigenvalue weighted by molar-refractivity contribution is 6.09. The van der Waals surface area contributed by atoms with E-state index in [1.807, 2.05) is 66.7 Å². The molecule has 0 unspecified atom stereocenters. The first-order valence-electron chi connectivity index (χ1n) is 9.22. The largest absolute Gasteiger partial charge is 0.345 e. The number of rotatable bonds is 5. The van der Waals surface area contributed by atoms with Gasteiger partial charge < -0.3 is 4.98 Å². The number of pyridine rings is 1. The summed E-state index contributed by atoms with van der Waals surface area (Å²) in [5, 5.41) is 0. The SMILES string of the molecule is CC(C)(c1cccc(C(=O)c2cccc(-c3ncc[nH]3)c2)c1)c1ccccn1. The maximum atomic E-state index is 13.1. The van der Waals surface area contributed by atoms with Crippen LogP contribution in [0.2, 0.25) is 0 Å². The predicted octanol–water partition coefficient (Wildman–Crippen LogP) is 5.03. The first-order chi connectivity index (χ1) is 13.6. The molecular weight excluding hydrogens is 346 g/mol. The van der Waals surface area contributed by atoms with E-state index in [0.29, 0.717) is 11.1 Å². The lowest BCUT2D eigenvalue weighted by molar-refractivity contribution is 0.103. The van der Waals surface area contributed by atoms with E-state index in [-0.39, 0.29) is 11.2 Å². The average Bonchev–Trinajstić information content (AvgIpc) is 3.29. The summed E-state index contributed by atoms with van der Waals surface area (Å²) in [4.78, 5) is 25.0. The highest BCUT2D eigenvalue weighted by Gasteiger charge is 2.25. The molecule has 0 fully saturated rings. The Balaban J connectivity index is 1.68. The van der Waals surface area contributed by atoms with Gasteiger partial charge in [0.25, 0.3) is 0 Å². The molecule has 2 aromatic heterocycles. The van der Waals surface area contributed by atoms with Crippen LogP contribution in [0.25, 0.3) is 11.4 Å². The molecule has 4 rings (SSSR count). The number of nitrogens with one attached hydrogen (secondary N) is 1. The minimum absolute atomic E-state index is 0.00734. The normalized spacial score (nSPS) is 11.4. The van der Waals surface area contributed by atoms with Crippen LogP contribution in [-0.2, 0) is 5.41 Å². The molecule has 0 amide bonds. The van der Waals surface area contributed by atoms with Gasteiger partial charge in [0, 0.05) is 40.7 Å². The van der Waals surface area contributed by atoms with E-state index in [2.05, 4.69) is 28.8 Å². The zero-order chi connectivity index (χ0) is 19.6. The van der Waals surface area contributed by atoms with Gasteiger partial charge in [-0.05, 0) is 29.8 Å². The summed E-state index contributed by atoms with van der Waals surface area (Å²) in [6.07, 6.45) is 5.27. The fourth-order valence-corrected chi connectivity index (χ4v) is 3.33. The minimum Gasteiger partial charge on any atom is -0.345 e. The molecule has 4 nitrogen and oxygen atoms in total. The smallest absolute Gasteiger partial charge is 0.193 e. The van der Waals surface area contributed by atoms with Gasteiger partial charge in [0.2, 0.25) is 0 Å². The maximum Gasteiger partial charge on any atom is 0.193 e. The second kappa shape index (κ2) is 7.24. The fourth-order valence-electron chi connectivity index (χ4n) is 3.33. The lowest BCUT2D eigenvalue weighted by Gasteiger charge is -2.25. The van der Waals surface area contributed by atoms with Crippen molar-refractivity contribution in [1.29, 1.82) is 0 Å². The van der Waals surface area contributed by atoms with Crippen molar-refractivity contribution >= 4 is 5.78 Å². The number of benzene rings is 2. The Morgan fingerprint density at radius 1 is 0.857 bits per heavy atom. The van der Waals surface area contributed by atoms with E-state index in [1.54, 1.807) is 18.6 Å². The predicted molar refractivity (Wildman–Crippen MR) is 110 cm³/mol. The highest BCUT2D eigenvalue weighted by atomic mass is 16.1. The quantitative estimate of drug-likeness (QED) is 0.503. The zero-order valence-corrected chi connectivity index (χ0v) is 15.9. The summed E-state index contributed by atoms with van der Waals surface area (Å²) in [6.45, 7) is 4.24. The second-order valence-electron chi connectivity index (χ2n) is 7.27. The van der Waals surface area contributed by atoms with Crippen molar-refractivity contribution in [3.8, 4) is 11.4 Å². The molecule has 0 aliphatic rings. The summed E-state index contributed by atoms with van der Waals surface area (Å²) in [5.41, 5.74) is 3.92. The molecule has 28 heavy (non-hydrogen) atoms. The molecule has 138 valence electrons. The van der Waals surface area contributed by atoms with Crippen LogP contribution >= 0.6 is 0 Å². The van der Waals surface area contributed by atoms with E-state index < -0.39 is 0 Å². The number of aromatic amines is 1. The minimum atomic E-state index is -0.298. The summed E-state index contributed by atoms with van der Waals surface area (Å²) < 4.78 is 0. The molecule has 0 saturated carbocycles. The van der Waals surface area contributed by atoms with Crippen LogP contribution in [-0.4, -0.2) is 20.7 Å². The third kappa shape index (κ3) is 3.37. The van der Waals surface area contributed by atoms with Crippen LogP contribution in [0.5, 0.6) is 0 Å². The molecule has 2 aromatic carbocycles. The molecule has 2 heterocycles. The number of nitrogens with zero attached hydrogens (tertiary/aromatic N) is 2. The molecule has 0 aliphatic carbocycles. The van der Waals surface area contributed by atoms with Gasteiger partial charge in [-0.25, -0.2) is 4.98 Å². The summed E-state index contributed by atoms with van der Waals surface area (Å²) in [5.74, 6) is 0.742. The van der Waals surface area contributed by atoms with E-state index in [9.17, 15) is 4.79 Å². The number of H-pyrrole nitrogens is 1. The van der Waals surface area contributed by atoms with E-state index in [0.717, 1.165) is 22.6 Å². The van der Waals surface area contributed by atoms with Crippen LogP contribution in [0, 0.1) is 0 Å². The number of ketones is 1. The van der Waals surface area contributed by atoms with Crippen LogP contribution in [0.1, 0.15) is 41.0 Å². The first-order valence-corrected chi connectivity index (χ1v) is 9.22. The third-order valence-electron chi connectivity index (χ3n) is 5.05. The average molecular weight is 367 g/mol. The number of hydrogen-bond donors (Lipinski definition) is 1. The van der Waals surface area contributed by atoms with Gasteiger partial charge in [-0.2, -0.15) is 0 Å². The fraction of sp³-hybridized carbons (Fsp3) is 0.125. The van der Waals surface area contributed by atoms with Crippen LogP contribution in [0.15, 0.2) is 85.3 Å². The molecular formula is C24H21N3O. The van der Waals surface area contributed by atoms with Gasteiger partial charge in [0.05, 0.1) is 5.69 Å². The molecule has 0 saturated heterocycles. The van der Waals surface area contributed by atoms with Crippen molar-refractivity contribution in [1.82, 2.24) is 15.0 Å². The van der Waals surface area contributed by atoms with E-state index in [1.165, 1.54) is 0 Å². The number of hydrogen-bond acceptors (Lipinski definition) is 3. The number of carbonyl (C=O) groups is 1. The maximum absolute atomic E-state index is 13.1. The van der Waals surface area contributed by atoms with E-state index in [4.69, 9.17) is 0 Å². The van der Waals surface area contributed by atoms with Crippen molar-refractivity contribution < 1.29 is 4.79 Å². The molecule has 0 aliphatic heterocycles. The third-order valence-corrected chi connectivity index (χ3v) is 5.05. The Labute approximate surface area is 164 Å². The summed E-state index contributed by atoms with van der Waals surface area (Å²) in [6, 6.07) is 21.3. The first kappa shape index (κ1) is 17.9. The lowest BCUT2D eigenvalue weighted by atomic mass is 9.80. The molecule has 0 bridgehead atoms. The topological polar surface area (TPSA) is 58.6 Å². The Hall–Kier alpha value is -3.53. The van der Waals surface area contributed by atoms with Crippen LogP contribution < -0.4 is 0 Å². The van der Waals surface area contributed by atoms with Gasteiger partial charge in [-0.1, -0.05) is 56.3 Å². The molecule has 4 aromatic rings. The molecule has 0 spiro atoms. The van der Waals surface area contributed by atoms with Gasteiger partial charge >= 0.3 is 0 Å².